The van der Waals surface area contributed by atoms with E-state index in [1.807, 2.05) is 32.9 Å². The lowest BCUT2D eigenvalue weighted by Gasteiger charge is -2.15. The third-order valence-corrected chi connectivity index (χ3v) is 4.64. The molecule has 0 aliphatic heterocycles. The van der Waals surface area contributed by atoms with E-state index in [-0.39, 0.29) is 18.6 Å². The van der Waals surface area contributed by atoms with E-state index in [1.54, 1.807) is 0 Å². The smallest absolute Gasteiger partial charge is 0.258 e. The van der Waals surface area contributed by atoms with Crippen LogP contribution in [-0.2, 0) is 11.2 Å². The van der Waals surface area contributed by atoms with E-state index in [4.69, 9.17) is 16.3 Å². The molecule has 1 unspecified atom stereocenters. The lowest BCUT2D eigenvalue weighted by Crippen LogP contribution is -2.31. The van der Waals surface area contributed by atoms with Gasteiger partial charge in [-0.05, 0) is 61.6 Å². The number of hydrogen-bond donors (Lipinski definition) is 1. The summed E-state index contributed by atoms with van der Waals surface area (Å²) in [6, 6.07) is 11.9. The maximum absolute atomic E-state index is 12.1. The van der Waals surface area contributed by atoms with Crippen LogP contribution in [0.4, 0.5) is 0 Å². The van der Waals surface area contributed by atoms with E-state index in [0.717, 1.165) is 28.1 Å². The summed E-state index contributed by atoms with van der Waals surface area (Å²) in [5.74, 6) is 0.511. The normalized spacial score (nSPS) is 11.9. The molecule has 1 atom stereocenters. The first-order valence-electron chi connectivity index (χ1n) is 8.18. The second-order valence-electron chi connectivity index (χ2n) is 6.04. The Morgan fingerprint density at radius 2 is 1.75 bits per heavy atom. The molecule has 0 saturated carbocycles. The van der Waals surface area contributed by atoms with Crippen LogP contribution in [0.3, 0.4) is 0 Å². The zero-order chi connectivity index (χ0) is 17.7. The lowest BCUT2D eigenvalue weighted by molar-refractivity contribution is -0.123. The number of benzene rings is 2. The Hall–Kier alpha value is -2.00. The largest absolute Gasteiger partial charge is 0.484 e. The third-order valence-electron chi connectivity index (χ3n) is 4.05. The van der Waals surface area contributed by atoms with Crippen molar-refractivity contribution in [2.75, 3.05) is 6.61 Å². The van der Waals surface area contributed by atoms with Gasteiger partial charge < -0.3 is 10.1 Å². The van der Waals surface area contributed by atoms with Gasteiger partial charge in [-0.1, -0.05) is 42.8 Å². The number of carbonyl (C=O) groups excluding carboxylic acids is 1. The second kappa shape index (κ2) is 8.20. The van der Waals surface area contributed by atoms with Gasteiger partial charge in [0.1, 0.15) is 5.75 Å². The highest BCUT2D eigenvalue weighted by Crippen LogP contribution is 2.25. The molecule has 1 amide bonds. The van der Waals surface area contributed by atoms with Gasteiger partial charge in [0.25, 0.3) is 5.91 Å². The fourth-order valence-electron chi connectivity index (χ4n) is 2.55. The number of nitrogens with one attached hydrogen (secondary N) is 1. The minimum Gasteiger partial charge on any atom is -0.484 e. The Morgan fingerprint density at radius 1 is 1.17 bits per heavy atom. The number of halogens is 1. The Morgan fingerprint density at radius 3 is 2.29 bits per heavy atom. The summed E-state index contributed by atoms with van der Waals surface area (Å²) in [5.41, 5.74) is 4.25. The van der Waals surface area contributed by atoms with Crippen LogP contribution in [0.15, 0.2) is 36.4 Å². The van der Waals surface area contributed by atoms with E-state index in [9.17, 15) is 4.79 Å². The van der Waals surface area contributed by atoms with Gasteiger partial charge in [0.15, 0.2) is 6.61 Å². The van der Waals surface area contributed by atoms with Crippen LogP contribution in [-0.4, -0.2) is 12.5 Å². The van der Waals surface area contributed by atoms with Crippen molar-refractivity contribution in [3.05, 3.63) is 63.7 Å². The van der Waals surface area contributed by atoms with Gasteiger partial charge in [-0.15, -0.1) is 0 Å². The molecular weight excluding hydrogens is 322 g/mol. The Kier molecular flexibility index (Phi) is 6.27. The Labute approximate surface area is 149 Å². The van der Waals surface area contributed by atoms with Gasteiger partial charge in [0, 0.05) is 5.02 Å². The van der Waals surface area contributed by atoms with Gasteiger partial charge in [0.2, 0.25) is 0 Å². The summed E-state index contributed by atoms with van der Waals surface area (Å²) in [6.45, 7) is 7.92. The average Bonchev–Trinajstić information content (AvgIpc) is 2.57. The van der Waals surface area contributed by atoms with Crippen LogP contribution >= 0.6 is 11.6 Å². The number of amides is 1. The van der Waals surface area contributed by atoms with E-state index >= 15 is 0 Å². The van der Waals surface area contributed by atoms with Gasteiger partial charge in [-0.3, -0.25) is 4.79 Å². The van der Waals surface area contributed by atoms with Crippen LogP contribution in [0.2, 0.25) is 5.02 Å². The fraction of sp³-hybridized carbons (Fsp3) is 0.350. The molecule has 0 aliphatic carbocycles. The molecule has 2 aromatic carbocycles. The highest BCUT2D eigenvalue weighted by atomic mass is 35.5. The second-order valence-corrected chi connectivity index (χ2v) is 6.42. The summed E-state index contributed by atoms with van der Waals surface area (Å²) in [7, 11) is 0. The van der Waals surface area contributed by atoms with Crippen LogP contribution < -0.4 is 10.1 Å². The molecule has 0 bridgehead atoms. The van der Waals surface area contributed by atoms with Crippen molar-refractivity contribution in [3.63, 3.8) is 0 Å². The molecule has 0 aliphatic rings. The van der Waals surface area contributed by atoms with Crippen molar-refractivity contribution in [1.82, 2.24) is 5.32 Å². The van der Waals surface area contributed by atoms with Crippen LogP contribution in [0.25, 0.3) is 0 Å². The predicted octanol–water partition coefficient (Wildman–Crippen LogP) is 4.78. The molecule has 0 fully saturated rings. The van der Waals surface area contributed by atoms with Gasteiger partial charge in [-0.2, -0.15) is 0 Å². The number of rotatable bonds is 6. The molecule has 2 aromatic rings. The first-order chi connectivity index (χ1) is 11.4. The molecule has 0 radical (unpaired) electrons. The van der Waals surface area contributed by atoms with Crippen molar-refractivity contribution in [2.45, 2.75) is 40.2 Å². The third kappa shape index (κ3) is 4.75. The van der Waals surface area contributed by atoms with Crippen LogP contribution in [0.5, 0.6) is 5.75 Å². The molecule has 0 spiro atoms. The standard InChI is InChI=1S/C20H24ClNO2/c1-5-16-6-8-17(9-7-16)15(4)22-19(23)12-24-18-10-13(2)20(21)14(3)11-18/h6-11,15H,5,12H2,1-4H3,(H,22,23). The highest BCUT2D eigenvalue weighted by molar-refractivity contribution is 6.32. The zero-order valence-corrected chi connectivity index (χ0v) is 15.4. The Bertz CT molecular complexity index is 687. The molecule has 1 N–H and O–H groups in total. The fourth-order valence-corrected chi connectivity index (χ4v) is 2.66. The predicted molar refractivity (Wildman–Crippen MR) is 98.8 cm³/mol. The van der Waals surface area contributed by atoms with Crippen molar-refractivity contribution in [1.29, 1.82) is 0 Å². The number of ether oxygens (including phenoxy) is 1. The molecule has 128 valence electrons. The van der Waals surface area contributed by atoms with Crippen LogP contribution in [0, 0.1) is 13.8 Å². The molecule has 4 heteroatoms. The minimum absolute atomic E-state index is 0.0160. The van der Waals surface area contributed by atoms with Gasteiger partial charge >= 0.3 is 0 Å². The molecule has 0 aromatic heterocycles. The summed E-state index contributed by atoms with van der Waals surface area (Å²) in [6.07, 6.45) is 1.01. The molecule has 2 rings (SSSR count). The Balaban J connectivity index is 1.90. The van der Waals surface area contributed by atoms with Gasteiger partial charge in [-0.25, -0.2) is 0 Å². The van der Waals surface area contributed by atoms with Crippen molar-refractivity contribution in [2.24, 2.45) is 0 Å². The quantitative estimate of drug-likeness (QED) is 0.818. The van der Waals surface area contributed by atoms with E-state index < -0.39 is 0 Å². The van der Waals surface area contributed by atoms with Crippen molar-refractivity contribution < 1.29 is 9.53 Å². The topological polar surface area (TPSA) is 38.3 Å². The maximum Gasteiger partial charge on any atom is 0.258 e. The monoisotopic (exact) mass is 345 g/mol. The molecule has 0 heterocycles. The van der Waals surface area contributed by atoms with E-state index in [1.165, 1.54) is 5.56 Å². The molecular formula is C20H24ClNO2. The zero-order valence-electron chi connectivity index (χ0n) is 14.7. The molecule has 3 nitrogen and oxygen atoms in total. The van der Waals surface area contributed by atoms with Crippen LogP contribution in [0.1, 0.15) is 42.1 Å². The van der Waals surface area contributed by atoms with Gasteiger partial charge in [0.05, 0.1) is 6.04 Å². The van der Waals surface area contributed by atoms with Crippen molar-refractivity contribution in [3.8, 4) is 5.75 Å². The number of aryl methyl sites for hydroxylation is 3. The molecule has 0 saturated heterocycles. The first-order valence-corrected chi connectivity index (χ1v) is 8.56. The maximum atomic E-state index is 12.1. The minimum atomic E-state index is -0.146. The van der Waals surface area contributed by atoms with E-state index in [0.29, 0.717) is 5.75 Å². The summed E-state index contributed by atoms with van der Waals surface area (Å²) >= 11 is 6.14. The highest BCUT2D eigenvalue weighted by Gasteiger charge is 2.11. The number of hydrogen-bond acceptors (Lipinski definition) is 2. The summed E-state index contributed by atoms with van der Waals surface area (Å²) in [5, 5.41) is 3.69. The first kappa shape index (κ1) is 18.3. The number of carbonyl (C=O) groups is 1. The summed E-state index contributed by atoms with van der Waals surface area (Å²) < 4.78 is 5.59. The SMILES string of the molecule is CCc1ccc(C(C)NC(=O)COc2cc(C)c(Cl)c(C)c2)cc1. The molecule has 24 heavy (non-hydrogen) atoms. The summed E-state index contributed by atoms with van der Waals surface area (Å²) in [4.78, 5) is 12.1. The average molecular weight is 346 g/mol. The lowest BCUT2D eigenvalue weighted by atomic mass is 10.1. The van der Waals surface area contributed by atoms with Crippen molar-refractivity contribution >= 4 is 17.5 Å². The van der Waals surface area contributed by atoms with E-state index in [2.05, 4.69) is 36.5 Å².